The molecule has 0 saturated carbocycles. The normalized spacial score (nSPS) is 9.71. The van der Waals surface area contributed by atoms with Gasteiger partial charge in [-0.3, -0.25) is 9.59 Å². The molecule has 0 aliphatic heterocycles. The summed E-state index contributed by atoms with van der Waals surface area (Å²) in [5, 5.41) is 5.25. The first-order valence-electron chi connectivity index (χ1n) is 6.56. The average molecular weight is 284 g/mol. The van der Waals surface area contributed by atoms with Gasteiger partial charge in [0.25, 0.3) is 5.91 Å². The van der Waals surface area contributed by atoms with Crippen molar-refractivity contribution in [2.45, 2.75) is 0 Å². The van der Waals surface area contributed by atoms with Crippen molar-refractivity contribution >= 4 is 18.0 Å². The number of hydrogen-bond acceptors (Lipinski definition) is 3. The maximum Gasteiger partial charge on any atom is 0.253 e. The lowest BCUT2D eigenvalue weighted by Gasteiger charge is -2.10. The van der Waals surface area contributed by atoms with Crippen LogP contribution in [0.5, 0.6) is 5.75 Å². The minimum absolute atomic E-state index is 0.253. The van der Waals surface area contributed by atoms with Crippen LogP contribution in [0.3, 0.4) is 0 Å². The minimum atomic E-state index is -0.253. The van der Waals surface area contributed by atoms with E-state index < -0.39 is 0 Å². The third kappa shape index (κ3) is 4.35. The molecule has 0 aliphatic rings. The SMILES string of the molecule is O=CNc1ccccc1C(=O)NCCOc1ccccc1. The zero-order valence-corrected chi connectivity index (χ0v) is 11.4. The van der Waals surface area contributed by atoms with Crippen molar-refractivity contribution in [2.24, 2.45) is 0 Å². The van der Waals surface area contributed by atoms with Gasteiger partial charge < -0.3 is 15.4 Å². The van der Waals surface area contributed by atoms with E-state index in [-0.39, 0.29) is 5.91 Å². The van der Waals surface area contributed by atoms with E-state index in [1.807, 2.05) is 30.3 Å². The Balaban J connectivity index is 1.83. The van der Waals surface area contributed by atoms with Crippen LogP contribution in [0.4, 0.5) is 5.69 Å². The number of benzene rings is 2. The maximum absolute atomic E-state index is 12.0. The van der Waals surface area contributed by atoms with Crippen LogP contribution in [-0.2, 0) is 4.79 Å². The molecule has 0 atom stereocenters. The van der Waals surface area contributed by atoms with Crippen LogP contribution in [0.1, 0.15) is 10.4 Å². The Morgan fingerprint density at radius 2 is 1.76 bits per heavy atom. The van der Waals surface area contributed by atoms with Gasteiger partial charge in [0, 0.05) is 0 Å². The molecule has 0 aliphatic carbocycles. The fourth-order valence-corrected chi connectivity index (χ4v) is 1.82. The Labute approximate surface area is 122 Å². The quantitative estimate of drug-likeness (QED) is 0.604. The highest BCUT2D eigenvalue weighted by Gasteiger charge is 2.09. The van der Waals surface area contributed by atoms with Gasteiger partial charge in [-0.15, -0.1) is 0 Å². The van der Waals surface area contributed by atoms with Crippen molar-refractivity contribution in [3.8, 4) is 5.75 Å². The van der Waals surface area contributed by atoms with E-state index >= 15 is 0 Å². The number of carbonyl (C=O) groups excluding carboxylic acids is 2. The molecule has 0 unspecified atom stereocenters. The number of amides is 2. The van der Waals surface area contributed by atoms with Crippen LogP contribution in [0.15, 0.2) is 54.6 Å². The van der Waals surface area contributed by atoms with E-state index in [9.17, 15) is 9.59 Å². The number of ether oxygens (including phenoxy) is 1. The Hall–Kier alpha value is -2.82. The molecule has 108 valence electrons. The number of rotatable bonds is 7. The van der Waals surface area contributed by atoms with Gasteiger partial charge in [-0.1, -0.05) is 30.3 Å². The molecule has 2 aromatic rings. The van der Waals surface area contributed by atoms with Gasteiger partial charge in [-0.25, -0.2) is 0 Å². The van der Waals surface area contributed by atoms with Crippen molar-refractivity contribution in [3.63, 3.8) is 0 Å². The minimum Gasteiger partial charge on any atom is -0.492 e. The van der Waals surface area contributed by atoms with Crippen LogP contribution >= 0.6 is 0 Å². The Morgan fingerprint density at radius 1 is 1.05 bits per heavy atom. The zero-order valence-electron chi connectivity index (χ0n) is 11.4. The molecule has 2 rings (SSSR count). The largest absolute Gasteiger partial charge is 0.492 e. The van der Waals surface area contributed by atoms with Crippen molar-refractivity contribution in [3.05, 3.63) is 60.2 Å². The van der Waals surface area contributed by atoms with E-state index in [0.29, 0.717) is 30.8 Å². The predicted octanol–water partition coefficient (Wildman–Crippen LogP) is 2.06. The first-order chi connectivity index (χ1) is 10.3. The summed E-state index contributed by atoms with van der Waals surface area (Å²) < 4.78 is 5.48. The highest BCUT2D eigenvalue weighted by atomic mass is 16.5. The fraction of sp³-hybridized carbons (Fsp3) is 0.125. The molecular formula is C16H16N2O3. The lowest BCUT2D eigenvalue weighted by Crippen LogP contribution is -2.28. The molecule has 5 nitrogen and oxygen atoms in total. The van der Waals surface area contributed by atoms with E-state index in [1.54, 1.807) is 24.3 Å². The van der Waals surface area contributed by atoms with Crippen molar-refractivity contribution in [1.29, 1.82) is 0 Å². The monoisotopic (exact) mass is 284 g/mol. The summed E-state index contributed by atoms with van der Waals surface area (Å²) in [6.07, 6.45) is 0.546. The highest BCUT2D eigenvalue weighted by Crippen LogP contribution is 2.13. The van der Waals surface area contributed by atoms with Gasteiger partial charge in [0.2, 0.25) is 6.41 Å². The second-order valence-electron chi connectivity index (χ2n) is 4.23. The molecular weight excluding hydrogens is 268 g/mol. The Bertz CT molecular complexity index is 599. The lowest BCUT2D eigenvalue weighted by molar-refractivity contribution is -0.105. The number of carbonyl (C=O) groups is 2. The van der Waals surface area contributed by atoms with E-state index in [0.717, 1.165) is 5.75 Å². The summed E-state index contributed by atoms with van der Waals surface area (Å²) in [6, 6.07) is 16.2. The zero-order chi connectivity index (χ0) is 14.9. The molecule has 0 saturated heterocycles. The molecule has 2 N–H and O–H groups in total. The van der Waals surface area contributed by atoms with Gasteiger partial charge in [0.15, 0.2) is 0 Å². The van der Waals surface area contributed by atoms with E-state index in [1.165, 1.54) is 0 Å². The van der Waals surface area contributed by atoms with Crippen LogP contribution in [0, 0.1) is 0 Å². The molecule has 0 bridgehead atoms. The van der Waals surface area contributed by atoms with Gasteiger partial charge in [-0.05, 0) is 24.3 Å². The standard InChI is InChI=1S/C16H16N2O3/c19-12-18-15-9-5-4-8-14(15)16(20)17-10-11-21-13-6-2-1-3-7-13/h1-9,12H,10-11H2,(H,17,20)(H,18,19). The van der Waals surface area contributed by atoms with E-state index in [4.69, 9.17) is 4.74 Å². The number of nitrogens with one attached hydrogen (secondary N) is 2. The summed E-state index contributed by atoms with van der Waals surface area (Å²) in [5.41, 5.74) is 0.901. The van der Waals surface area contributed by atoms with Crippen molar-refractivity contribution in [2.75, 3.05) is 18.5 Å². The fourth-order valence-electron chi connectivity index (χ4n) is 1.82. The molecule has 0 spiro atoms. The van der Waals surface area contributed by atoms with Gasteiger partial charge >= 0.3 is 0 Å². The average Bonchev–Trinajstić information content (AvgIpc) is 2.53. The van der Waals surface area contributed by atoms with Crippen molar-refractivity contribution in [1.82, 2.24) is 5.32 Å². The van der Waals surface area contributed by atoms with Gasteiger partial charge in [0.1, 0.15) is 12.4 Å². The van der Waals surface area contributed by atoms with E-state index in [2.05, 4.69) is 10.6 Å². The summed E-state index contributed by atoms with van der Waals surface area (Å²) in [7, 11) is 0. The van der Waals surface area contributed by atoms with Crippen LogP contribution < -0.4 is 15.4 Å². The third-order valence-corrected chi connectivity index (χ3v) is 2.79. The predicted molar refractivity (Wildman–Crippen MR) is 80.4 cm³/mol. The van der Waals surface area contributed by atoms with Crippen LogP contribution in [0.2, 0.25) is 0 Å². The molecule has 5 heteroatoms. The molecule has 0 radical (unpaired) electrons. The number of hydrogen-bond donors (Lipinski definition) is 2. The molecule has 0 fully saturated rings. The molecule has 0 heterocycles. The Morgan fingerprint density at radius 3 is 2.52 bits per heavy atom. The summed E-state index contributed by atoms with van der Waals surface area (Å²) in [5.74, 6) is 0.506. The molecule has 21 heavy (non-hydrogen) atoms. The summed E-state index contributed by atoms with van der Waals surface area (Å²) in [6.45, 7) is 0.752. The number of anilines is 1. The lowest BCUT2D eigenvalue weighted by atomic mass is 10.1. The first-order valence-corrected chi connectivity index (χ1v) is 6.56. The van der Waals surface area contributed by atoms with Crippen LogP contribution in [-0.4, -0.2) is 25.5 Å². The summed E-state index contributed by atoms with van der Waals surface area (Å²) >= 11 is 0. The van der Waals surface area contributed by atoms with Gasteiger partial charge in [-0.2, -0.15) is 0 Å². The Kier molecular flexibility index (Phi) is 5.34. The second-order valence-corrected chi connectivity index (χ2v) is 4.23. The van der Waals surface area contributed by atoms with Gasteiger partial charge in [0.05, 0.1) is 17.8 Å². The second kappa shape index (κ2) is 7.69. The molecule has 2 aromatic carbocycles. The summed E-state index contributed by atoms with van der Waals surface area (Å²) in [4.78, 5) is 22.5. The maximum atomic E-state index is 12.0. The third-order valence-electron chi connectivity index (χ3n) is 2.79. The first kappa shape index (κ1) is 14.6. The number of para-hydroxylation sites is 2. The molecule has 0 aromatic heterocycles. The highest BCUT2D eigenvalue weighted by molar-refractivity contribution is 6.01. The molecule has 2 amide bonds. The topological polar surface area (TPSA) is 67.4 Å². The van der Waals surface area contributed by atoms with Crippen molar-refractivity contribution < 1.29 is 14.3 Å². The van der Waals surface area contributed by atoms with Crippen LogP contribution in [0.25, 0.3) is 0 Å². The smallest absolute Gasteiger partial charge is 0.253 e.